The summed E-state index contributed by atoms with van der Waals surface area (Å²) in [7, 11) is -0.334. The molecule has 0 bridgehead atoms. The smallest absolute Gasteiger partial charge is 0.213 e. The Bertz CT molecular complexity index is 1270. The van der Waals surface area contributed by atoms with Crippen LogP contribution in [0.1, 0.15) is 5.01 Å². The first-order chi connectivity index (χ1) is 13.4. The van der Waals surface area contributed by atoms with Crippen LogP contribution in [0.4, 0.5) is 4.39 Å². The van der Waals surface area contributed by atoms with Crippen molar-refractivity contribution in [3.63, 3.8) is 0 Å². The van der Waals surface area contributed by atoms with Crippen molar-refractivity contribution >= 4 is 32.3 Å². The van der Waals surface area contributed by atoms with Gasteiger partial charge in [-0.2, -0.15) is 4.37 Å². The number of benzene rings is 1. The van der Waals surface area contributed by atoms with Crippen molar-refractivity contribution < 1.29 is 17.5 Å². The number of aryl methyl sites for hydroxylation is 1. The van der Waals surface area contributed by atoms with Gasteiger partial charge < -0.3 is 9.30 Å². The maximum absolute atomic E-state index is 14.4. The summed E-state index contributed by atoms with van der Waals surface area (Å²) in [6, 6.07) is 6.32. The van der Waals surface area contributed by atoms with Gasteiger partial charge in [0.1, 0.15) is 22.9 Å². The Morgan fingerprint density at radius 2 is 2.04 bits per heavy atom. The Kier molecular flexibility index (Phi) is 4.60. The molecular formula is C18H15FN4O3S2. The number of fused-ring (bicyclic) bond motifs is 1. The largest absolute Gasteiger partial charge is 0.481 e. The average Bonchev–Trinajstić information content (AvgIpc) is 3.29. The Morgan fingerprint density at radius 1 is 1.21 bits per heavy atom. The number of rotatable bonds is 5. The maximum Gasteiger partial charge on any atom is 0.213 e. The molecule has 0 aliphatic heterocycles. The van der Waals surface area contributed by atoms with Crippen molar-refractivity contribution in [3.05, 3.63) is 53.8 Å². The van der Waals surface area contributed by atoms with Gasteiger partial charge in [-0.05, 0) is 23.7 Å². The van der Waals surface area contributed by atoms with Gasteiger partial charge in [0.25, 0.3) is 0 Å². The molecule has 0 unspecified atom stereocenters. The second-order valence-electron chi connectivity index (χ2n) is 6.13. The van der Waals surface area contributed by atoms with Gasteiger partial charge in [-0.15, -0.1) is 0 Å². The molecule has 144 valence electrons. The summed E-state index contributed by atoms with van der Waals surface area (Å²) in [5.74, 6) is -0.401. The lowest BCUT2D eigenvalue weighted by molar-refractivity contribution is 0.396. The third kappa shape index (κ3) is 3.25. The fraction of sp³-hybridized carbons (Fsp3) is 0.167. The number of hydrogen-bond acceptors (Lipinski definition) is 7. The van der Waals surface area contributed by atoms with Crippen molar-refractivity contribution in [2.75, 3.05) is 7.11 Å². The Morgan fingerprint density at radius 3 is 2.75 bits per heavy atom. The molecule has 7 nitrogen and oxygen atoms in total. The second-order valence-corrected chi connectivity index (χ2v) is 8.99. The first kappa shape index (κ1) is 18.5. The molecular weight excluding hydrogens is 403 g/mol. The van der Waals surface area contributed by atoms with E-state index in [1.165, 1.54) is 25.6 Å². The number of sulfone groups is 1. The lowest BCUT2D eigenvalue weighted by Crippen LogP contribution is -2.05. The van der Waals surface area contributed by atoms with Gasteiger partial charge in [0.2, 0.25) is 5.88 Å². The highest BCUT2D eigenvalue weighted by atomic mass is 32.2. The molecule has 0 saturated carbocycles. The predicted octanol–water partition coefficient (Wildman–Crippen LogP) is 3.21. The van der Waals surface area contributed by atoms with E-state index in [9.17, 15) is 12.8 Å². The van der Waals surface area contributed by atoms with Crippen LogP contribution < -0.4 is 4.74 Å². The molecule has 1 aromatic carbocycles. The third-order valence-corrected chi connectivity index (χ3v) is 6.84. The van der Waals surface area contributed by atoms with Gasteiger partial charge in [0.15, 0.2) is 9.84 Å². The van der Waals surface area contributed by atoms with Crippen LogP contribution in [0, 0.1) is 5.82 Å². The first-order valence-electron chi connectivity index (χ1n) is 8.16. The van der Waals surface area contributed by atoms with Gasteiger partial charge in [0.05, 0.1) is 18.2 Å². The molecule has 0 fully saturated rings. The summed E-state index contributed by atoms with van der Waals surface area (Å²) >= 11 is 1.05. The van der Waals surface area contributed by atoms with Crippen LogP contribution in [0.25, 0.3) is 22.0 Å². The molecule has 4 aromatic rings. The van der Waals surface area contributed by atoms with E-state index in [1.807, 2.05) is 0 Å². The van der Waals surface area contributed by atoms with Crippen LogP contribution in [0.15, 0.2) is 47.9 Å². The molecule has 0 atom stereocenters. The molecule has 4 rings (SSSR count). The minimum Gasteiger partial charge on any atom is -0.481 e. The van der Waals surface area contributed by atoms with Gasteiger partial charge >= 0.3 is 0 Å². The van der Waals surface area contributed by atoms with Crippen molar-refractivity contribution in [3.8, 4) is 17.0 Å². The average molecular weight is 418 g/mol. The summed E-state index contributed by atoms with van der Waals surface area (Å²) < 4.78 is 50.5. The second kappa shape index (κ2) is 6.95. The van der Waals surface area contributed by atoms with Crippen LogP contribution in [0.3, 0.4) is 0 Å². The topological polar surface area (TPSA) is 87.0 Å². The van der Waals surface area contributed by atoms with Crippen LogP contribution in [0.5, 0.6) is 5.88 Å². The van der Waals surface area contributed by atoms with Gasteiger partial charge in [-0.3, -0.25) is 0 Å². The zero-order valence-electron chi connectivity index (χ0n) is 15.0. The van der Waals surface area contributed by atoms with E-state index in [-0.39, 0.29) is 10.6 Å². The van der Waals surface area contributed by atoms with Crippen molar-refractivity contribution in [2.45, 2.75) is 10.6 Å². The Hall–Kier alpha value is -2.85. The number of nitrogens with zero attached hydrogens (tertiary/aromatic N) is 4. The molecule has 10 heteroatoms. The van der Waals surface area contributed by atoms with E-state index in [2.05, 4.69) is 14.3 Å². The van der Waals surface area contributed by atoms with E-state index in [0.717, 1.165) is 23.1 Å². The van der Waals surface area contributed by atoms with Gasteiger partial charge in [0, 0.05) is 41.3 Å². The molecule has 3 heterocycles. The quantitative estimate of drug-likeness (QED) is 0.495. The zero-order chi connectivity index (χ0) is 19.9. The SMILES string of the molecule is COc1cc(-c2cn(C)c3cc(S(=O)(=O)Cc4ncns4)ccc23)c(F)cn1. The van der Waals surface area contributed by atoms with Gasteiger partial charge in [-0.1, -0.05) is 6.07 Å². The Balaban J connectivity index is 1.82. The Labute approximate surface area is 164 Å². The third-order valence-electron chi connectivity index (χ3n) is 4.37. The van der Waals surface area contributed by atoms with Crippen LogP contribution in [-0.4, -0.2) is 34.4 Å². The summed E-state index contributed by atoms with van der Waals surface area (Å²) in [5, 5.41) is 1.16. The van der Waals surface area contributed by atoms with E-state index < -0.39 is 15.7 Å². The molecule has 0 N–H and O–H groups in total. The normalized spacial score (nSPS) is 11.8. The minimum absolute atomic E-state index is 0.177. The van der Waals surface area contributed by atoms with E-state index in [0.29, 0.717) is 27.5 Å². The molecule has 0 aliphatic rings. The molecule has 28 heavy (non-hydrogen) atoms. The summed E-state index contributed by atoms with van der Waals surface area (Å²) in [5.41, 5.74) is 1.63. The molecule has 0 saturated heterocycles. The van der Waals surface area contributed by atoms with Gasteiger partial charge in [-0.25, -0.2) is 22.8 Å². The number of aromatic nitrogens is 4. The van der Waals surface area contributed by atoms with Crippen molar-refractivity contribution in [2.24, 2.45) is 7.05 Å². The summed E-state index contributed by atoms with van der Waals surface area (Å²) in [6.07, 6.45) is 4.19. The maximum atomic E-state index is 14.4. The fourth-order valence-corrected chi connectivity index (χ4v) is 5.13. The standard InChI is InChI=1S/C18H15FN4O3S2/c1-23-8-14(13-6-17(26-2)20-7-15(13)19)12-4-3-11(5-16(12)23)28(24,25)9-18-21-10-22-27-18/h3-8,10H,9H2,1-2H3. The monoisotopic (exact) mass is 418 g/mol. The number of pyridine rings is 1. The number of halogens is 1. The lowest BCUT2D eigenvalue weighted by atomic mass is 10.1. The highest BCUT2D eigenvalue weighted by molar-refractivity contribution is 7.90. The fourth-order valence-electron chi connectivity index (χ4n) is 3.01. The number of methoxy groups -OCH3 is 1. The van der Waals surface area contributed by atoms with E-state index in [4.69, 9.17) is 4.74 Å². The number of hydrogen-bond donors (Lipinski definition) is 0. The van der Waals surface area contributed by atoms with Crippen LogP contribution in [-0.2, 0) is 22.6 Å². The summed E-state index contributed by atoms with van der Waals surface area (Å²) in [6.45, 7) is 0. The first-order valence-corrected chi connectivity index (χ1v) is 10.6. The molecule has 0 spiro atoms. The molecule has 3 aromatic heterocycles. The van der Waals surface area contributed by atoms with Crippen molar-refractivity contribution in [1.82, 2.24) is 18.9 Å². The van der Waals surface area contributed by atoms with E-state index in [1.54, 1.807) is 29.9 Å². The lowest BCUT2D eigenvalue weighted by Gasteiger charge is -2.06. The molecule has 0 radical (unpaired) electrons. The van der Waals surface area contributed by atoms with Crippen LogP contribution >= 0.6 is 11.5 Å². The molecule has 0 amide bonds. The zero-order valence-corrected chi connectivity index (χ0v) is 16.6. The van der Waals surface area contributed by atoms with Crippen LogP contribution in [0.2, 0.25) is 0 Å². The highest BCUT2D eigenvalue weighted by Crippen LogP contribution is 2.34. The van der Waals surface area contributed by atoms with E-state index >= 15 is 0 Å². The summed E-state index contributed by atoms with van der Waals surface area (Å²) in [4.78, 5) is 7.98. The minimum atomic E-state index is -3.58. The van der Waals surface area contributed by atoms with Crippen molar-refractivity contribution in [1.29, 1.82) is 0 Å². The predicted molar refractivity (Wildman–Crippen MR) is 103 cm³/mol. The number of ether oxygens (including phenoxy) is 1. The highest BCUT2D eigenvalue weighted by Gasteiger charge is 2.20. The molecule has 0 aliphatic carbocycles.